The highest BCUT2D eigenvalue weighted by atomic mass is 32.2. The van der Waals surface area contributed by atoms with Crippen molar-refractivity contribution in [1.29, 1.82) is 0 Å². The molecule has 0 saturated heterocycles. The van der Waals surface area contributed by atoms with Crippen LogP contribution in [0.3, 0.4) is 0 Å². The van der Waals surface area contributed by atoms with Crippen molar-refractivity contribution < 1.29 is 26.8 Å². The highest BCUT2D eigenvalue weighted by molar-refractivity contribution is 7.84. The number of hydrogen-bond donors (Lipinski definition) is 0. The molecule has 0 aromatic carbocycles. The largest absolute Gasteiger partial charge is 1.00 e. The molecule has 0 fully saturated rings. The Bertz CT molecular complexity index is 575. The molecular weight excluding hydrogens is 311 g/mol. The molecule has 0 bridgehead atoms. The quantitative estimate of drug-likeness (QED) is 0.429. The molecule has 2 aromatic heterocycles. The Kier molecular flexibility index (Phi) is 11.2. The molecule has 0 N–H and O–H groups in total. The first kappa shape index (κ1) is 22.5. The predicted octanol–water partition coefficient (Wildman–Crippen LogP) is -3.17. The van der Waals surface area contributed by atoms with E-state index in [1.54, 1.807) is 0 Å². The minimum Gasteiger partial charge on any atom is -1.00 e. The number of imidazole rings is 2. The first-order valence-corrected chi connectivity index (χ1v) is 8.40. The Labute approximate surface area is 131 Å². The molecule has 0 atom stereocenters. The zero-order valence-electron chi connectivity index (χ0n) is 13.7. The van der Waals surface area contributed by atoms with E-state index < -0.39 is 10.1 Å². The van der Waals surface area contributed by atoms with Crippen LogP contribution in [0.5, 0.6) is 0 Å². The van der Waals surface area contributed by atoms with Crippen molar-refractivity contribution in [3.05, 3.63) is 37.4 Å². The second-order valence-corrected chi connectivity index (χ2v) is 5.93. The fourth-order valence-corrected chi connectivity index (χ4v) is 1.38. The van der Waals surface area contributed by atoms with Crippen LogP contribution < -0.4 is 13.8 Å². The lowest BCUT2D eigenvalue weighted by atomic mass is 10.7. The lowest BCUT2D eigenvalue weighted by Crippen LogP contribution is -3.00. The van der Waals surface area contributed by atoms with E-state index in [0.717, 1.165) is 13.1 Å². The van der Waals surface area contributed by atoms with Crippen molar-refractivity contribution in [3.63, 3.8) is 0 Å². The van der Waals surface area contributed by atoms with Gasteiger partial charge in [0.1, 0.15) is 24.8 Å². The molecule has 128 valence electrons. The van der Waals surface area contributed by atoms with Crippen molar-refractivity contribution >= 4 is 10.1 Å². The number of rotatable bonds is 2. The molecule has 2 aromatic rings. The molecule has 0 aliphatic heterocycles. The fourth-order valence-electron chi connectivity index (χ4n) is 1.38. The van der Waals surface area contributed by atoms with Gasteiger partial charge in [-0.1, -0.05) is 0 Å². The van der Waals surface area contributed by atoms with Gasteiger partial charge in [-0.05, 0) is 13.8 Å². The van der Waals surface area contributed by atoms with Gasteiger partial charge in [0.15, 0.2) is 0 Å². The molecule has 0 unspecified atom stereocenters. The monoisotopic (exact) mass is 336 g/mol. The maximum absolute atomic E-state index is 9.08. The first-order chi connectivity index (χ1) is 9.65. The van der Waals surface area contributed by atoms with Crippen LogP contribution in [0.2, 0.25) is 0 Å². The highest BCUT2D eigenvalue weighted by Gasteiger charge is 1.93. The molecule has 0 amide bonds. The van der Waals surface area contributed by atoms with E-state index in [-0.39, 0.29) is 4.70 Å². The average Bonchev–Trinajstić information content (AvgIpc) is 2.96. The highest BCUT2D eigenvalue weighted by Crippen LogP contribution is 1.79. The fraction of sp³-hybridized carbons (Fsp3) is 0.538. The molecule has 2 rings (SSSR count). The standard InChI is InChI=1S/2C6H11N2.CH4O3S.FH/c2*1-3-8-5-4-7(2)6-8;1-5(2,3)4;/h2*4-6H,3H2,1-2H3;1H3,(H,2,3,4);1H/q2*+1;;/p-2. The number of halogens is 1. The maximum atomic E-state index is 9.08. The average molecular weight is 336 g/mol. The van der Waals surface area contributed by atoms with Crippen molar-refractivity contribution in [2.24, 2.45) is 14.1 Å². The molecule has 0 spiro atoms. The molecule has 2 heterocycles. The minimum absolute atomic E-state index is 0. The second-order valence-electron chi connectivity index (χ2n) is 4.52. The van der Waals surface area contributed by atoms with Crippen LogP contribution in [-0.4, -0.2) is 28.4 Å². The Morgan fingerprint density at radius 2 is 1.23 bits per heavy atom. The summed E-state index contributed by atoms with van der Waals surface area (Å²) in [6.07, 6.45) is 12.9. The molecular formula is C13H25FN4O3S. The van der Waals surface area contributed by atoms with Gasteiger partial charge in [0.2, 0.25) is 12.7 Å². The van der Waals surface area contributed by atoms with Crippen LogP contribution in [0.1, 0.15) is 13.8 Å². The van der Waals surface area contributed by atoms with Crippen LogP contribution >= 0.6 is 0 Å². The van der Waals surface area contributed by atoms with Crippen molar-refractivity contribution in [2.75, 3.05) is 6.26 Å². The summed E-state index contributed by atoms with van der Waals surface area (Å²) in [7, 11) is 0.123. The summed E-state index contributed by atoms with van der Waals surface area (Å²) in [5.74, 6) is 0. The topological polar surface area (TPSA) is 74.8 Å². The molecule has 0 radical (unpaired) electrons. The summed E-state index contributed by atoms with van der Waals surface area (Å²) in [5.41, 5.74) is 0. The lowest BCUT2D eigenvalue weighted by molar-refractivity contribution is -0.671. The SMILES string of the molecule is CCn1cc[n+](C)c1.CCn1cc[n+](C)c1.CS(=O)(=O)[O-].[F-]. The van der Waals surface area contributed by atoms with Gasteiger partial charge in [0, 0.05) is 6.26 Å². The number of hydrogen-bond acceptors (Lipinski definition) is 3. The third kappa shape index (κ3) is 13.3. The van der Waals surface area contributed by atoms with Gasteiger partial charge < -0.3 is 9.26 Å². The Balaban J connectivity index is 0. The zero-order chi connectivity index (χ0) is 16.5. The number of aryl methyl sites for hydroxylation is 4. The van der Waals surface area contributed by atoms with Gasteiger partial charge in [-0.2, -0.15) is 0 Å². The van der Waals surface area contributed by atoms with Crippen LogP contribution in [-0.2, 0) is 37.3 Å². The smallest absolute Gasteiger partial charge is 0.243 e. The van der Waals surface area contributed by atoms with Crippen LogP contribution in [0, 0.1) is 0 Å². The predicted molar refractivity (Wildman–Crippen MR) is 78.2 cm³/mol. The molecule has 9 heteroatoms. The van der Waals surface area contributed by atoms with Gasteiger partial charge in [-0.3, -0.25) is 0 Å². The van der Waals surface area contributed by atoms with E-state index in [4.69, 9.17) is 13.0 Å². The van der Waals surface area contributed by atoms with E-state index in [1.165, 1.54) is 0 Å². The van der Waals surface area contributed by atoms with E-state index in [0.29, 0.717) is 6.26 Å². The summed E-state index contributed by atoms with van der Waals surface area (Å²) in [6.45, 7) is 6.36. The van der Waals surface area contributed by atoms with E-state index >= 15 is 0 Å². The van der Waals surface area contributed by atoms with Crippen molar-refractivity contribution in [2.45, 2.75) is 26.9 Å². The minimum atomic E-state index is -3.92. The summed E-state index contributed by atoms with van der Waals surface area (Å²) < 4.78 is 35.5. The Hall–Kier alpha value is -1.74. The maximum Gasteiger partial charge on any atom is 0.243 e. The molecule has 0 aliphatic carbocycles. The van der Waals surface area contributed by atoms with Crippen LogP contribution in [0.4, 0.5) is 0 Å². The first-order valence-electron chi connectivity index (χ1n) is 6.58. The summed E-state index contributed by atoms with van der Waals surface area (Å²) >= 11 is 0. The van der Waals surface area contributed by atoms with Crippen molar-refractivity contribution in [3.8, 4) is 0 Å². The normalized spacial score (nSPS) is 9.73. The van der Waals surface area contributed by atoms with Gasteiger partial charge in [-0.15, -0.1) is 0 Å². The molecule has 0 saturated carbocycles. The second kappa shape index (κ2) is 10.9. The van der Waals surface area contributed by atoms with Gasteiger partial charge >= 0.3 is 0 Å². The summed E-state index contributed by atoms with van der Waals surface area (Å²) in [4.78, 5) is 0. The van der Waals surface area contributed by atoms with Crippen LogP contribution in [0.15, 0.2) is 37.4 Å². The lowest BCUT2D eigenvalue weighted by Gasteiger charge is -1.90. The summed E-state index contributed by atoms with van der Waals surface area (Å²) in [6, 6.07) is 0. The van der Waals surface area contributed by atoms with Crippen molar-refractivity contribution in [1.82, 2.24) is 9.13 Å². The Morgan fingerprint density at radius 1 is 0.955 bits per heavy atom. The number of aromatic nitrogens is 4. The van der Waals surface area contributed by atoms with Crippen LogP contribution in [0.25, 0.3) is 0 Å². The third-order valence-electron chi connectivity index (χ3n) is 2.38. The molecule has 0 aliphatic rings. The summed E-state index contributed by atoms with van der Waals surface area (Å²) in [5, 5.41) is 0. The molecule has 22 heavy (non-hydrogen) atoms. The van der Waals surface area contributed by atoms with E-state index in [9.17, 15) is 0 Å². The van der Waals surface area contributed by atoms with Gasteiger partial charge in [0.05, 0.1) is 37.3 Å². The Morgan fingerprint density at radius 3 is 1.32 bits per heavy atom. The van der Waals surface area contributed by atoms with Gasteiger partial charge in [0.25, 0.3) is 0 Å². The number of nitrogens with zero attached hydrogens (tertiary/aromatic N) is 4. The zero-order valence-corrected chi connectivity index (χ0v) is 14.5. The molecule has 7 nitrogen and oxygen atoms in total. The van der Waals surface area contributed by atoms with E-state index in [2.05, 4.69) is 48.0 Å². The van der Waals surface area contributed by atoms with E-state index in [1.807, 2.05) is 35.6 Å². The van der Waals surface area contributed by atoms with Gasteiger partial charge in [-0.25, -0.2) is 26.7 Å². The third-order valence-corrected chi connectivity index (χ3v) is 2.38.